The third-order valence-corrected chi connectivity index (χ3v) is 6.10. The predicted molar refractivity (Wildman–Crippen MR) is 113 cm³/mol. The molecule has 0 aromatic heterocycles. The average Bonchev–Trinajstić information content (AvgIpc) is 2.91. The Morgan fingerprint density at radius 1 is 1.15 bits per heavy atom. The Hall–Kier alpha value is -2.53. The lowest BCUT2D eigenvalue weighted by molar-refractivity contribution is -0.136. The second-order valence-corrected chi connectivity index (χ2v) is 10.2. The number of carbonyl (C=O) groups excluding carboxylic acids is 1. The van der Waals surface area contributed by atoms with Crippen molar-refractivity contribution in [1.82, 2.24) is 9.62 Å². The van der Waals surface area contributed by atoms with Gasteiger partial charge in [0.05, 0.1) is 18.8 Å². The fourth-order valence-electron chi connectivity index (χ4n) is 4.00. The lowest BCUT2D eigenvalue weighted by Crippen LogP contribution is -2.52. The van der Waals surface area contributed by atoms with Crippen molar-refractivity contribution < 1.29 is 35.2 Å². The Morgan fingerprint density at radius 2 is 1.76 bits per heavy atom. The van der Waals surface area contributed by atoms with Crippen LogP contribution in [0, 0.1) is 23.4 Å². The summed E-state index contributed by atoms with van der Waals surface area (Å²) in [6, 6.07) is 3.07. The number of hydrogen-bond donors (Lipinski definition) is 1. The van der Waals surface area contributed by atoms with Crippen molar-refractivity contribution >= 4 is 15.9 Å². The molecule has 33 heavy (non-hydrogen) atoms. The zero-order valence-electron chi connectivity index (χ0n) is 18.1. The van der Waals surface area contributed by atoms with Crippen LogP contribution in [0.25, 0.3) is 11.1 Å². The highest BCUT2D eigenvalue weighted by molar-refractivity contribution is 7.88. The molecule has 1 aliphatic heterocycles. The van der Waals surface area contributed by atoms with Crippen LogP contribution in [0.3, 0.4) is 0 Å². The van der Waals surface area contributed by atoms with Gasteiger partial charge >= 0.3 is 0 Å². The predicted octanol–water partition coefficient (Wildman–Crippen LogP) is 3.73. The molecule has 1 fully saturated rings. The molecule has 1 amide bonds. The molecule has 2 aromatic carbocycles. The molecule has 5 nitrogen and oxygen atoms in total. The smallest absolute Gasteiger partial charge is 0.283 e. The molecule has 0 aliphatic carbocycles. The van der Waals surface area contributed by atoms with Crippen LogP contribution in [-0.4, -0.2) is 50.0 Å². The first-order valence-corrected chi connectivity index (χ1v) is 12.0. The van der Waals surface area contributed by atoms with E-state index in [-0.39, 0.29) is 16.7 Å². The topological polar surface area (TPSA) is 66.5 Å². The van der Waals surface area contributed by atoms with Crippen LogP contribution in [0.5, 0.6) is 0 Å². The van der Waals surface area contributed by atoms with Gasteiger partial charge in [0.1, 0.15) is 23.5 Å². The average molecular weight is 490 g/mol. The van der Waals surface area contributed by atoms with Gasteiger partial charge in [0, 0.05) is 17.5 Å². The second-order valence-electron chi connectivity index (χ2n) is 8.46. The van der Waals surface area contributed by atoms with Crippen molar-refractivity contribution in [2.24, 2.45) is 5.92 Å². The molecule has 0 spiro atoms. The van der Waals surface area contributed by atoms with E-state index in [4.69, 9.17) is 0 Å². The third kappa shape index (κ3) is 5.52. The van der Waals surface area contributed by atoms with E-state index in [0.717, 1.165) is 17.0 Å². The molecular formula is C22H23F5N2O3S. The summed E-state index contributed by atoms with van der Waals surface area (Å²) in [6.07, 6.45) is 0.269. The number of nitrogens with one attached hydrogen (secondary N) is 1. The molecule has 2 atom stereocenters. The van der Waals surface area contributed by atoms with Gasteiger partial charge in [-0.15, -0.1) is 0 Å². The van der Waals surface area contributed by atoms with E-state index in [1.807, 2.05) is 4.72 Å². The van der Waals surface area contributed by atoms with Crippen molar-refractivity contribution in [3.63, 3.8) is 0 Å². The van der Waals surface area contributed by atoms with Crippen LogP contribution in [0.1, 0.15) is 19.4 Å². The van der Waals surface area contributed by atoms with Crippen molar-refractivity contribution in [3.05, 3.63) is 59.4 Å². The van der Waals surface area contributed by atoms with Crippen molar-refractivity contribution in [2.45, 2.75) is 38.3 Å². The molecule has 1 saturated heterocycles. The van der Waals surface area contributed by atoms with Crippen LogP contribution >= 0.6 is 0 Å². The van der Waals surface area contributed by atoms with Crippen LogP contribution in [0.15, 0.2) is 36.4 Å². The van der Waals surface area contributed by atoms with Gasteiger partial charge in [-0.3, -0.25) is 4.79 Å². The maximum atomic E-state index is 15.3. The number of alkyl halides is 2. The summed E-state index contributed by atoms with van der Waals surface area (Å²) in [7, 11) is -4.09. The molecule has 0 bridgehead atoms. The molecule has 0 saturated carbocycles. The molecule has 1 N–H and O–H groups in total. The third-order valence-electron chi connectivity index (χ3n) is 5.42. The number of likely N-dealkylation sites (tertiary alicyclic amines) is 1. The summed E-state index contributed by atoms with van der Waals surface area (Å²) >= 11 is 0. The standard InChI is InChI=1S/C22H23F5N2O3S/c1-12(2)21(30)29-11-22(26,27)20(28-33(3,31)32)18(29)9-13-5-4-6-17(19(13)25)14-7-15(23)10-16(24)8-14/h4-8,10,12,18,20,28H,9,11H2,1-3H3/t18-,20+/m0/s1. The maximum absolute atomic E-state index is 15.3. The number of halogens is 5. The molecule has 1 heterocycles. The largest absolute Gasteiger partial charge is 0.331 e. The minimum absolute atomic E-state index is 0.0930. The Morgan fingerprint density at radius 3 is 2.30 bits per heavy atom. The number of benzene rings is 2. The fourth-order valence-corrected chi connectivity index (χ4v) is 4.79. The van der Waals surface area contributed by atoms with E-state index in [1.54, 1.807) is 0 Å². The van der Waals surface area contributed by atoms with Gasteiger partial charge in [-0.25, -0.2) is 35.1 Å². The fraction of sp³-hybridized carbons (Fsp3) is 0.409. The Balaban J connectivity index is 2.06. The summed E-state index contributed by atoms with van der Waals surface area (Å²) in [6.45, 7) is 1.99. The van der Waals surface area contributed by atoms with Crippen molar-refractivity contribution in [3.8, 4) is 11.1 Å². The summed E-state index contributed by atoms with van der Waals surface area (Å²) in [5, 5.41) is 0. The highest BCUT2D eigenvalue weighted by Crippen LogP contribution is 2.37. The summed E-state index contributed by atoms with van der Waals surface area (Å²) in [5.74, 6) is -7.65. The van der Waals surface area contributed by atoms with Crippen LogP contribution in [0.2, 0.25) is 0 Å². The molecular weight excluding hydrogens is 467 g/mol. The molecule has 3 rings (SSSR count). The Bertz CT molecular complexity index is 1150. The van der Waals surface area contributed by atoms with Gasteiger partial charge in [-0.05, 0) is 29.7 Å². The quantitative estimate of drug-likeness (QED) is 0.628. The van der Waals surface area contributed by atoms with Gasteiger partial charge < -0.3 is 4.90 Å². The summed E-state index contributed by atoms with van der Waals surface area (Å²) in [5.41, 5.74) is -0.365. The van der Waals surface area contributed by atoms with Crippen molar-refractivity contribution in [1.29, 1.82) is 0 Å². The SMILES string of the molecule is CC(C)C(=O)N1CC(F)(F)[C@H](NS(C)(=O)=O)[C@@H]1Cc1cccc(-c2cc(F)cc(F)c2)c1F. The molecule has 0 unspecified atom stereocenters. The van der Waals surface area contributed by atoms with Gasteiger partial charge in [-0.1, -0.05) is 32.0 Å². The van der Waals surface area contributed by atoms with E-state index in [0.29, 0.717) is 12.3 Å². The zero-order chi connectivity index (χ0) is 24.7. The Labute approximate surface area is 188 Å². The first-order chi connectivity index (χ1) is 15.2. The lowest BCUT2D eigenvalue weighted by atomic mass is 9.95. The highest BCUT2D eigenvalue weighted by Gasteiger charge is 2.57. The number of rotatable bonds is 6. The lowest BCUT2D eigenvalue weighted by Gasteiger charge is -2.29. The van der Waals surface area contributed by atoms with Crippen LogP contribution in [-0.2, 0) is 21.2 Å². The number of hydrogen-bond acceptors (Lipinski definition) is 3. The monoisotopic (exact) mass is 490 g/mol. The minimum Gasteiger partial charge on any atom is -0.331 e. The zero-order valence-corrected chi connectivity index (χ0v) is 18.9. The maximum Gasteiger partial charge on any atom is 0.283 e. The van der Waals surface area contributed by atoms with E-state index >= 15 is 4.39 Å². The van der Waals surface area contributed by atoms with Crippen LogP contribution < -0.4 is 4.72 Å². The summed E-state index contributed by atoms with van der Waals surface area (Å²) < 4.78 is 97.6. The molecule has 2 aromatic rings. The molecule has 180 valence electrons. The molecule has 0 radical (unpaired) electrons. The van der Waals surface area contributed by atoms with Crippen LogP contribution in [0.4, 0.5) is 22.0 Å². The van der Waals surface area contributed by atoms with Gasteiger partial charge in [0.25, 0.3) is 5.92 Å². The van der Waals surface area contributed by atoms with Gasteiger partial charge in [0.15, 0.2) is 0 Å². The number of sulfonamides is 1. The van der Waals surface area contributed by atoms with E-state index in [2.05, 4.69) is 0 Å². The van der Waals surface area contributed by atoms with Gasteiger partial charge in [0.2, 0.25) is 15.9 Å². The Kier molecular flexibility index (Phi) is 6.86. The van der Waals surface area contributed by atoms with Crippen molar-refractivity contribution in [2.75, 3.05) is 12.8 Å². The van der Waals surface area contributed by atoms with Gasteiger partial charge in [-0.2, -0.15) is 0 Å². The first-order valence-electron chi connectivity index (χ1n) is 10.1. The number of carbonyl (C=O) groups is 1. The normalized spacial score (nSPS) is 20.5. The van der Waals surface area contributed by atoms with E-state index < -0.39 is 70.3 Å². The number of amides is 1. The second kappa shape index (κ2) is 9.02. The first kappa shape index (κ1) is 25.1. The molecule has 1 aliphatic rings. The highest BCUT2D eigenvalue weighted by atomic mass is 32.2. The minimum atomic E-state index is -4.09. The summed E-state index contributed by atoms with van der Waals surface area (Å²) in [4.78, 5) is 13.5. The van der Waals surface area contributed by atoms with E-state index in [9.17, 15) is 30.8 Å². The molecule has 11 heteroatoms. The van der Waals surface area contributed by atoms with E-state index in [1.165, 1.54) is 32.0 Å². The number of nitrogens with zero attached hydrogens (tertiary/aromatic N) is 1.